The van der Waals surface area contributed by atoms with E-state index in [0.717, 1.165) is 6.08 Å². The summed E-state index contributed by atoms with van der Waals surface area (Å²) in [6.07, 6.45) is 2.55. The molecule has 25 heavy (non-hydrogen) atoms. The molecule has 0 fully saturated rings. The van der Waals surface area contributed by atoms with Crippen LogP contribution < -0.4 is 15.6 Å². The van der Waals surface area contributed by atoms with Gasteiger partial charge in [0.15, 0.2) is 0 Å². The van der Waals surface area contributed by atoms with Gasteiger partial charge in [0, 0.05) is 18.2 Å². The zero-order valence-corrected chi connectivity index (χ0v) is 13.3. The second-order valence-electron chi connectivity index (χ2n) is 4.83. The van der Waals surface area contributed by atoms with E-state index >= 15 is 0 Å². The van der Waals surface area contributed by atoms with Gasteiger partial charge >= 0.3 is 0 Å². The van der Waals surface area contributed by atoms with Gasteiger partial charge in [0.1, 0.15) is 5.75 Å². The zero-order valence-electron chi connectivity index (χ0n) is 13.3. The van der Waals surface area contributed by atoms with E-state index in [4.69, 9.17) is 4.74 Å². The number of non-ortho nitro benzene ring substituents is 1. The Hall–Kier alpha value is -3.68. The smallest absolute Gasteiger partial charge is 0.273 e. The second kappa shape index (κ2) is 8.25. The molecule has 2 rings (SSSR count). The molecule has 0 spiro atoms. The van der Waals surface area contributed by atoms with Crippen LogP contribution in [0, 0.1) is 10.1 Å². The summed E-state index contributed by atoms with van der Waals surface area (Å²) in [6.45, 7) is 0. The lowest BCUT2D eigenvalue weighted by atomic mass is 10.2. The summed E-state index contributed by atoms with van der Waals surface area (Å²) in [4.78, 5) is 33.9. The number of para-hydroxylation sites is 1. The first kappa shape index (κ1) is 17.7. The first-order valence-corrected chi connectivity index (χ1v) is 7.17. The fourth-order valence-corrected chi connectivity index (χ4v) is 1.97. The van der Waals surface area contributed by atoms with Crippen LogP contribution in [0.25, 0.3) is 6.08 Å². The van der Waals surface area contributed by atoms with Gasteiger partial charge in [-0.1, -0.05) is 24.3 Å². The highest BCUT2D eigenvalue weighted by Crippen LogP contribution is 2.16. The Morgan fingerprint density at radius 1 is 1.12 bits per heavy atom. The van der Waals surface area contributed by atoms with E-state index in [9.17, 15) is 19.7 Å². The molecule has 0 bridgehead atoms. The third-order valence-corrected chi connectivity index (χ3v) is 3.16. The minimum Gasteiger partial charge on any atom is -0.496 e. The number of ether oxygens (including phenoxy) is 1. The minimum absolute atomic E-state index is 0.0768. The maximum Gasteiger partial charge on any atom is 0.273 e. The number of nitrogens with zero attached hydrogens (tertiary/aromatic N) is 1. The van der Waals surface area contributed by atoms with Crippen LogP contribution in [-0.4, -0.2) is 23.8 Å². The number of nitro benzene ring substituents is 1. The van der Waals surface area contributed by atoms with Gasteiger partial charge in [0.2, 0.25) is 0 Å². The van der Waals surface area contributed by atoms with Gasteiger partial charge in [0.05, 0.1) is 17.6 Å². The van der Waals surface area contributed by atoms with Crippen molar-refractivity contribution in [3.63, 3.8) is 0 Å². The van der Waals surface area contributed by atoms with Crippen molar-refractivity contribution in [1.29, 1.82) is 0 Å². The molecule has 0 aromatic heterocycles. The van der Waals surface area contributed by atoms with E-state index in [1.165, 1.54) is 31.4 Å². The van der Waals surface area contributed by atoms with Crippen LogP contribution in [0.1, 0.15) is 15.9 Å². The fraction of sp³-hybridized carbons (Fsp3) is 0.0588. The Labute approximate surface area is 143 Å². The fourth-order valence-electron chi connectivity index (χ4n) is 1.97. The van der Waals surface area contributed by atoms with Crippen molar-refractivity contribution in [3.05, 3.63) is 75.8 Å². The Morgan fingerprint density at radius 3 is 2.60 bits per heavy atom. The Kier molecular flexibility index (Phi) is 5.83. The third kappa shape index (κ3) is 4.90. The first-order chi connectivity index (χ1) is 12.0. The van der Waals surface area contributed by atoms with Crippen molar-refractivity contribution in [3.8, 4) is 5.75 Å². The van der Waals surface area contributed by atoms with Crippen molar-refractivity contribution >= 4 is 23.6 Å². The average Bonchev–Trinajstić information content (AvgIpc) is 2.64. The first-order valence-electron chi connectivity index (χ1n) is 7.17. The van der Waals surface area contributed by atoms with E-state index in [-0.39, 0.29) is 11.3 Å². The number of carbonyl (C=O) groups is 2. The summed E-state index contributed by atoms with van der Waals surface area (Å²) in [5.74, 6) is -0.745. The number of nitro groups is 1. The second-order valence-corrected chi connectivity index (χ2v) is 4.83. The van der Waals surface area contributed by atoms with Gasteiger partial charge in [-0.2, -0.15) is 0 Å². The zero-order chi connectivity index (χ0) is 18.2. The molecule has 8 nitrogen and oxygen atoms in total. The molecule has 0 aliphatic heterocycles. The van der Waals surface area contributed by atoms with Crippen molar-refractivity contribution < 1.29 is 19.2 Å². The summed E-state index contributed by atoms with van der Waals surface area (Å²) >= 11 is 0. The van der Waals surface area contributed by atoms with E-state index in [0.29, 0.717) is 11.3 Å². The molecule has 2 aromatic rings. The van der Waals surface area contributed by atoms with Crippen molar-refractivity contribution in [1.82, 2.24) is 10.9 Å². The average molecular weight is 341 g/mol. The minimum atomic E-state index is -0.588. The molecule has 0 radical (unpaired) electrons. The normalized spacial score (nSPS) is 10.3. The number of nitrogens with one attached hydrogen (secondary N) is 2. The summed E-state index contributed by atoms with van der Waals surface area (Å²) in [5.41, 5.74) is 5.17. The number of benzene rings is 2. The molecule has 2 N–H and O–H groups in total. The van der Waals surface area contributed by atoms with Crippen LogP contribution in [0.5, 0.6) is 5.75 Å². The summed E-state index contributed by atoms with van der Waals surface area (Å²) in [7, 11) is 1.44. The molecule has 0 aliphatic carbocycles. The molecule has 2 aromatic carbocycles. The molecule has 8 heteroatoms. The largest absolute Gasteiger partial charge is 0.496 e. The van der Waals surface area contributed by atoms with Gasteiger partial charge < -0.3 is 4.74 Å². The Bertz CT molecular complexity index is 833. The molecule has 0 heterocycles. The van der Waals surface area contributed by atoms with E-state index in [1.807, 2.05) is 0 Å². The quantitative estimate of drug-likeness (QED) is 0.491. The maximum absolute atomic E-state index is 12.0. The topological polar surface area (TPSA) is 111 Å². The highest BCUT2D eigenvalue weighted by Gasteiger charge is 2.11. The number of rotatable bonds is 5. The van der Waals surface area contributed by atoms with E-state index in [1.54, 1.807) is 30.3 Å². The van der Waals surface area contributed by atoms with Gasteiger partial charge in [0.25, 0.3) is 17.5 Å². The van der Waals surface area contributed by atoms with Crippen LogP contribution in [0.2, 0.25) is 0 Å². The summed E-state index contributed by atoms with van der Waals surface area (Å²) < 4.78 is 5.07. The molecule has 128 valence electrons. The third-order valence-electron chi connectivity index (χ3n) is 3.16. The predicted molar refractivity (Wildman–Crippen MR) is 90.7 cm³/mol. The summed E-state index contributed by atoms with van der Waals surface area (Å²) in [5, 5.41) is 10.7. The number of methoxy groups -OCH3 is 1. The number of hydrazine groups is 1. The van der Waals surface area contributed by atoms with Gasteiger partial charge in [-0.25, -0.2) is 0 Å². The van der Waals surface area contributed by atoms with Gasteiger partial charge in [-0.15, -0.1) is 0 Å². The molecule has 0 unspecified atom stereocenters. The van der Waals surface area contributed by atoms with Gasteiger partial charge in [-0.05, 0) is 23.8 Å². The monoisotopic (exact) mass is 341 g/mol. The Morgan fingerprint density at radius 2 is 1.88 bits per heavy atom. The van der Waals surface area contributed by atoms with Crippen LogP contribution in [0.3, 0.4) is 0 Å². The molecule has 2 amide bonds. The molecule has 0 saturated heterocycles. The predicted octanol–water partition coefficient (Wildman–Crippen LogP) is 2.08. The van der Waals surface area contributed by atoms with Crippen LogP contribution in [0.15, 0.2) is 54.6 Å². The number of hydrogen-bond acceptors (Lipinski definition) is 5. The lowest BCUT2D eigenvalue weighted by Gasteiger charge is -2.08. The van der Waals surface area contributed by atoms with Crippen molar-refractivity contribution in [2.75, 3.05) is 7.11 Å². The SMILES string of the molecule is COc1ccccc1C(=O)NNC(=O)/C=C/c1cccc([N+](=O)[O-])c1. The molecular weight excluding hydrogens is 326 g/mol. The van der Waals surface area contributed by atoms with Crippen molar-refractivity contribution in [2.24, 2.45) is 0 Å². The van der Waals surface area contributed by atoms with Crippen LogP contribution in [-0.2, 0) is 4.79 Å². The van der Waals surface area contributed by atoms with Crippen LogP contribution >= 0.6 is 0 Å². The molecule has 0 atom stereocenters. The number of amides is 2. The standard InChI is InChI=1S/C17H15N3O5/c1-25-15-8-3-2-7-14(15)17(22)19-18-16(21)10-9-12-5-4-6-13(11-12)20(23)24/h2-11H,1H3,(H,18,21)(H,19,22)/b10-9+. The van der Waals surface area contributed by atoms with Gasteiger partial charge in [-0.3, -0.25) is 30.6 Å². The Balaban J connectivity index is 1.95. The van der Waals surface area contributed by atoms with Crippen molar-refractivity contribution in [2.45, 2.75) is 0 Å². The highest BCUT2D eigenvalue weighted by molar-refractivity contribution is 5.99. The van der Waals surface area contributed by atoms with E-state index < -0.39 is 16.7 Å². The molecule has 0 saturated carbocycles. The molecular formula is C17H15N3O5. The maximum atomic E-state index is 12.0. The lowest BCUT2D eigenvalue weighted by Crippen LogP contribution is -2.40. The summed E-state index contributed by atoms with van der Waals surface area (Å²) in [6, 6.07) is 12.4. The number of carbonyl (C=O) groups excluding carboxylic acids is 2. The van der Waals surface area contributed by atoms with E-state index in [2.05, 4.69) is 10.9 Å². The molecule has 0 aliphatic rings. The highest BCUT2D eigenvalue weighted by atomic mass is 16.6. The van der Waals surface area contributed by atoms with Crippen LogP contribution in [0.4, 0.5) is 5.69 Å². The number of hydrogen-bond donors (Lipinski definition) is 2. The lowest BCUT2D eigenvalue weighted by molar-refractivity contribution is -0.384.